The van der Waals surface area contributed by atoms with Crippen molar-refractivity contribution in [3.8, 4) is 5.75 Å². The lowest BCUT2D eigenvalue weighted by Gasteiger charge is -2.08. The van der Waals surface area contributed by atoms with E-state index in [2.05, 4.69) is 9.88 Å². The van der Waals surface area contributed by atoms with Crippen molar-refractivity contribution in [3.63, 3.8) is 0 Å². The Kier molecular flexibility index (Phi) is 2.72. The van der Waals surface area contributed by atoms with E-state index in [0.717, 1.165) is 36.1 Å². The molecule has 4 rings (SSSR count). The predicted octanol–water partition coefficient (Wildman–Crippen LogP) is 2.29. The molecule has 7 heteroatoms. The van der Waals surface area contributed by atoms with Crippen LogP contribution in [0.1, 0.15) is 29.9 Å². The zero-order valence-corrected chi connectivity index (χ0v) is 12.0. The standard InChI is InChI=1S/C14H14N2O4S/c17-21(18,11-3-4-13-10(7-11)5-6-19-13)16-14-12(8-20-15-14)9-1-2-9/h3-4,7-9H,1-2,5-6H2,(H,15,16). The van der Waals surface area contributed by atoms with Crippen molar-refractivity contribution in [1.29, 1.82) is 0 Å². The summed E-state index contributed by atoms with van der Waals surface area (Å²) in [6, 6.07) is 4.90. The maximum absolute atomic E-state index is 12.5. The molecule has 0 atom stereocenters. The van der Waals surface area contributed by atoms with Gasteiger partial charge in [-0.2, -0.15) is 0 Å². The molecule has 21 heavy (non-hydrogen) atoms. The van der Waals surface area contributed by atoms with Gasteiger partial charge in [-0.25, -0.2) is 8.42 Å². The van der Waals surface area contributed by atoms with Crippen molar-refractivity contribution in [3.05, 3.63) is 35.6 Å². The Labute approximate surface area is 122 Å². The zero-order chi connectivity index (χ0) is 14.4. The third-order valence-corrected chi connectivity index (χ3v) is 5.15. The second-order valence-corrected chi connectivity index (χ2v) is 7.05. The molecule has 6 nitrogen and oxygen atoms in total. The number of fused-ring (bicyclic) bond motifs is 1. The van der Waals surface area contributed by atoms with Crippen molar-refractivity contribution in [2.75, 3.05) is 11.3 Å². The molecule has 0 unspecified atom stereocenters. The smallest absolute Gasteiger partial charge is 0.263 e. The van der Waals surface area contributed by atoms with Crippen molar-refractivity contribution < 1.29 is 17.7 Å². The summed E-state index contributed by atoms with van der Waals surface area (Å²) in [4.78, 5) is 0.219. The average Bonchev–Trinajstić information content (AvgIpc) is 3.01. The molecule has 1 N–H and O–H groups in total. The summed E-state index contributed by atoms with van der Waals surface area (Å²) in [5.74, 6) is 1.42. The van der Waals surface area contributed by atoms with Gasteiger partial charge in [0.1, 0.15) is 12.0 Å². The van der Waals surface area contributed by atoms with E-state index in [-0.39, 0.29) is 4.90 Å². The molecule has 1 aliphatic carbocycles. The van der Waals surface area contributed by atoms with Gasteiger partial charge in [-0.05, 0) is 42.5 Å². The molecule has 2 aliphatic rings. The molecule has 1 saturated carbocycles. The molecular weight excluding hydrogens is 292 g/mol. The van der Waals surface area contributed by atoms with Gasteiger partial charge in [0.25, 0.3) is 10.0 Å². The van der Waals surface area contributed by atoms with Crippen LogP contribution in [0.25, 0.3) is 0 Å². The Bertz CT molecular complexity index is 793. The van der Waals surface area contributed by atoms with Crippen LogP contribution in [0.2, 0.25) is 0 Å². The van der Waals surface area contributed by atoms with Crippen molar-refractivity contribution in [2.24, 2.45) is 0 Å². The van der Waals surface area contributed by atoms with Crippen molar-refractivity contribution >= 4 is 15.8 Å². The van der Waals surface area contributed by atoms with Gasteiger partial charge < -0.3 is 9.26 Å². The van der Waals surface area contributed by atoms with Crippen molar-refractivity contribution in [1.82, 2.24) is 5.16 Å². The van der Waals surface area contributed by atoms with Gasteiger partial charge in [0.15, 0.2) is 5.82 Å². The number of nitrogens with zero attached hydrogens (tertiary/aromatic N) is 1. The quantitative estimate of drug-likeness (QED) is 0.937. The Hall–Kier alpha value is -2.02. The third kappa shape index (κ3) is 2.27. The molecule has 0 amide bonds. The molecule has 0 radical (unpaired) electrons. The number of rotatable bonds is 4. The fourth-order valence-electron chi connectivity index (χ4n) is 2.52. The first-order valence-electron chi connectivity index (χ1n) is 6.86. The first-order chi connectivity index (χ1) is 10.1. The average molecular weight is 306 g/mol. The van der Waals surface area contributed by atoms with E-state index < -0.39 is 10.0 Å². The molecule has 2 heterocycles. The van der Waals surface area contributed by atoms with Crippen LogP contribution in [-0.2, 0) is 16.4 Å². The van der Waals surface area contributed by atoms with Crippen LogP contribution in [0, 0.1) is 0 Å². The largest absolute Gasteiger partial charge is 0.493 e. The summed E-state index contributed by atoms with van der Waals surface area (Å²) in [5.41, 5.74) is 1.75. The van der Waals surface area contributed by atoms with Gasteiger partial charge in [0.05, 0.1) is 11.5 Å². The second-order valence-electron chi connectivity index (χ2n) is 5.37. The Morgan fingerprint density at radius 2 is 2.14 bits per heavy atom. The highest BCUT2D eigenvalue weighted by molar-refractivity contribution is 7.92. The summed E-state index contributed by atoms with van der Waals surface area (Å²) in [7, 11) is -3.66. The summed E-state index contributed by atoms with van der Waals surface area (Å²) in [5, 5.41) is 3.77. The molecule has 1 fully saturated rings. The Morgan fingerprint density at radius 1 is 1.29 bits per heavy atom. The lowest BCUT2D eigenvalue weighted by molar-refractivity contribution is 0.356. The number of ether oxygens (including phenoxy) is 1. The van der Waals surface area contributed by atoms with Crippen LogP contribution >= 0.6 is 0 Å². The van der Waals surface area contributed by atoms with Gasteiger partial charge >= 0.3 is 0 Å². The van der Waals surface area contributed by atoms with Crippen LogP contribution in [0.15, 0.2) is 33.9 Å². The highest BCUT2D eigenvalue weighted by Crippen LogP contribution is 2.43. The van der Waals surface area contributed by atoms with E-state index in [4.69, 9.17) is 9.26 Å². The molecule has 1 aromatic heterocycles. The topological polar surface area (TPSA) is 81.4 Å². The van der Waals surface area contributed by atoms with Gasteiger partial charge in [0.2, 0.25) is 0 Å². The highest BCUT2D eigenvalue weighted by Gasteiger charge is 2.30. The van der Waals surface area contributed by atoms with E-state index >= 15 is 0 Å². The maximum atomic E-state index is 12.5. The summed E-state index contributed by atoms with van der Waals surface area (Å²) < 4.78 is 37.7. The Balaban J connectivity index is 1.65. The number of benzene rings is 1. The summed E-state index contributed by atoms with van der Waals surface area (Å²) in [6.07, 6.45) is 4.35. The monoisotopic (exact) mass is 306 g/mol. The van der Waals surface area contributed by atoms with Crippen LogP contribution < -0.4 is 9.46 Å². The number of aromatic nitrogens is 1. The molecule has 2 aromatic rings. The SMILES string of the molecule is O=S(=O)(Nc1nocc1C1CC1)c1ccc2c(c1)CCO2. The zero-order valence-electron chi connectivity index (χ0n) is 11.2. The van der Waals surface area contributed by atoms with Crippen LogP contribution in [0.4, 0.5) is 5.82 Å². The number of hydrogen-bond acceptors (Lipinski definition) is 5. The van der Waals surface area contributed by atoms with E-state index in [9.17, 15) is 8.42 Å². The molecule has 1 aliphatic heterocycles. The molecule has 0 spiro atoms. The molecule has 110 valence electrons. The van der Waals surface area contributed by atoms with Gasteiger partial charge in [-0.1, -0.05) is 5.16 Å². The summed E-state index contributed by atoms with van der Waals surface area (Å²) >= 11 is 0. The van der Waals surface area contributed by atoms with E-state index in [1.165, 1.54) is 6.26 Å². The molecule has 0 saturated heterocycles. The summed E-state index contributed by atoms with van der Waals surface area (Å²) in [6.45, 7) is 0.599. The van der Waals surface area contributed by atoms with E-state index in [0.29, 0.717) is 18.3 Å². The van der Waals surface area contributed by atoms with E-state index in [1.54, 1.807) is 18.2 Å². The van der Waals surface area contributed by atoms with Gasteiger partial charge in [-0.3, -0.25) is 4.72 Å². The minimum atomic E-state index is -3.66. The fourth-order valence-corrected chi connectivity index (χ4v) is 3.59. The van der Waals surface area contributed by atoms with Gasteiger partial charge in [0, 0.05) is 12.0 Å². The van der Waals surface area contributed by atoms with Crippen LogP contribution in [-0.4, -0.2) is 20.2 Å². The first-order valence-corrected chi connectivity index (χ1v) is 8.34. The highest BCUT2D eigenvalue weighted by atomic mass is 32.2. The number of sulfonamides is 1. The lowest BCUT2D eigenvalue weighted by atomic mass is 10.2. The third-order valence-electron chi connectivity index (χ3n) is 3.82. The molecular formula is C14H14N2O4S. The molecule has 1 aromatic carbocycles. The van der Waals surface area contributed by atoms with Crippen LogP contribution in [0.3, 0.4) is 0 Å². The Morgan fingerprint density at radius 3 is 2.95 bits per heavy atom. The van der Waals surface area contributed by atoms with Gasteiger partial charge in [-0.15, -0.1) is 0 Å². The first kappa shape index (κ1) is 12.7. The maximum Gasteiger partial charge on any atom is 0.263 e. The number of hydrogen-bond donors (Lipinski definition) is 1. The number of nitrogens with one attached hydrogen (secondary N) is 1. The van der Waals surface area contributed by atoms with E-state index in [1.807, 2.05) is 0 Å². The normalized spacial score (nSPS) is 17.3. The van der Waals surface area contributed by atoms with Crippen molar-refractivity contribution in [2.45, 2.75) is 30.1 Å². The lowest BCUT2D eigenvalue weighted by Crippen LogP contribution is -2.14. The molecule has 0 bridgehead atoms. The minimum absolute atomic E-state index is 0.219. The predicted molar refractivity (Wildman–Crippen MR) is 74.9 cm³/mol. The fraction of sp³-hybridized carbons (Fsp3) is 0.357. The number of anilines is 1. The minimum Gasteiger partial charge on any atom is -0.493 e. The van der Waals surface area contributed by atoms with Crippen LogP contribution in [0.5, 0.6) is 5.75 Å². The second kappa shape index (κ2) is 4.49.